The third-order valence-corrected chi connectivity index (χ3v) is 4.99. The maximum atomic E-state index is 12.1. The molecular weight excluding hydrogens is 400 g/mol. The molecule has 1 saturated carbocycles. The molecule has 138 valence electrons. The zero-order valence-electron chi connectivity index (χ0n) is 14.4. The summed E-state index contributed by atoms with van der Waals surface area (Å²) in [6.45, 7) is 0.205. The number of nitrogens with two attached hydrogens (primary N) is 2. The third kappa shape index (κ3) is 3.92. The number of nitrogens with zero attached hydrogens (tertiary/aromatic N) is 2. The highest BCUT2D eigenvalue weighted by atomic mass is 79.9. The van der Waals surface area contributed by atoms with Gasteiger partial charge < -0.3 is 9.84 Å². The summed E-state index contributed by atoms with van der Waals surface area (Å²) in [5.74, 6) is 12.8. The van der Waals surface area contributed by atoms with Crippen molar-refractivity contribution >= 4 is 27.6 Å². The minimum Gasteiger partial charge on any atom is -0.508 e. The summed E-state index contributed by atoms with van der Waals surface area (Å²) >= 11 is 3.49. The predicted molar refractivity (Wildman–Crippen MR) is 103 cm³/mol. The van der Waals surface area contributed by atoms with Crippen LogP contribution in [0.2, 0.25) is 0 Å². The van der Waals surface area contributed by atoms with Gasteiger partial charge in [0, 0.05) is 22.6 Å². The van der Waals surface area contributed by atoms with Crippen LogP contribution in [0.3, 0.4) is 0 Å². The molecule has 2 aromatic rings. The fourth-order valence-corrected chi connectivity index (χ4v) is 3.19. The second-order valence-corrected chi connectivity index (χ2v) is 7.14. The summed E-state index contributed by atoms with van der Waals surface area (Å²) < 4.78 is 6.78. The molecule has 5 N–H and O–H groups in total. The average Bonchev–Trinajstić information content (AvgIpc) is 3.45. The monoisotopic (exact) mass is 420 g/mol. The van der Waals surface area contributed by atoms with Crippen molar-refractivity contribution in [2.24, 2.45) is 11.7 Å². The SMILES string of the molecule is CN(N)C(=O)N(N)c1cccc(Br)c1COc1ccc(O)cc1C1CC1. The lowest BCUT2D eigenvalue weighted by molar-refractivity contribution is 0.216. The molecule has 1 aliphatic carbocycles. The lowest BCUT2D eigenvalue weighted by atomic mass is 10.1. The van der Waals surface area contributed by atoms with Gasteiger partial charge in [-0.15, -0.1) is 0 Å². The van der Waals surface area contributed by atoms with Gasteiger partial charge in [-0.2, -0.15) is 0 Å². The van der Waals surface area contributed by atoms with Crippen molar-refractivity contribution in [2.45, 2.75) is 25.4 Å². The number of hydrazine groups is 2. The van der Waals surface area contributed by atoms with Crippen molar-refractivity contribution in [3.63, 3.8) is 0 Å². The highest BCUT2D eigenvalue weighted by Gasteiger charge is 2.27. The number of anilines is 1. The van der Waals surface area contributed by atoms with Crippen LogP contribution in [0.5, 0.6) is 11.5 Å². The fraction of sp³-hybridized carbons (Fsp3) is 0.278. The number of benzene rings is 2. The van der Waals surface area contributed by atoms with Crippen LogP contribution in [0.1, 0.15) is 29.9 Å². The van der Waals surface area contributed by atoms with Crippen LogP contribution in [0.4, 0.5) is 10.5 Å². The minimum atomic E-state index is -0.548. The van der Waals surface area contributed by atoms with E-state index in [0.717, 1.165) is 44.2 Å². The van der Waals surface area contributed by atoms with Gasteiger partial charge in [0.2, 0.25) is 0 Å². The number of aromatic hydroxyl groups is 1. The van der Waals surface area contributed by atoms with E-state index in [2.05, 4.69) is 15.9 Å². The topological polar surface area (TPSA) is 105 Å². The largest absolute Gasteiger partial charge is 0.508 e. The van der Waals surface area contributed by atoms with E-state index in [-0.39, 0.29) is 12.4 Å². The Kier molecular flexibility index (Phi) is 5.36. The van der Waals surface area contributed by atoms with Gasteiger partial charge in [-0.1, -0.05) is 22.0 Å². The smallest absolute Gasteiger partial charge is 0.352 e. The van der Waals surface area contributed by atoms with E-state index in [4.69, 9.17) is 16.4 Å². The second kappa shape index (κ2) is 7.53. The van der Waals surface area contributed by atoms with Crippen molar-refractivity contribution < 1.29 is 14.6 Å². The number of phenols is 1. The van der Waals surface area contributed by atoms with Gasteiger partial charge in [-0.25, -0.2) is 21.5 Å². The minimum absolute atomic E-state index is 0.205. The molecule has 26 heavy (non-hydrogen) atoms. The van der Waals surface area contributed by atoms with Gasteiger partial charge in [0.05, 0.1) is 5.69 Å². The van der Waals surface area contributed by atoms with Crippen molar-refractivity contribution in [1.29, 1.82) is 0 Å². The molecule has 2 aromatic carbocycles. The molecule has 7 nitrogen and oxygen atoms in total. The zero-order chi connectivity index (χ0) is 18.8. The first kappa shape index (κ1) is 18.5. The van der Waals surface area contributed by atoms with Crippen molar-refractivity contribution in [1.82, 2.24) is 5.01 Å². The van der Waals surface area contributed by atoms with Crippen LogP contribution >= 0.6 is 15.9 Å². The fourth-order valence-electron chi connectivity index (χ4n) is 2.72. The Morgan fingerprint density at radius 2 is 2.04 bits per heavy atom. The number of urea groups is 1. The number of rotatable bonds is 5. The quantitative estimate of drug-likeness (QED) is 0.391. The third-order valence-electron chi connectivity index (χ3n) is 4.24. The first-order chi connectivity index (χ1) is 12.4. The zero-order valence-corrected chi connectivity index (χ0v) is 15.9. The summed E-state index contributed by atoms with van der Waals surface area (Å²) in [5.41, 5.74) is 2.22. The van der Waals surface area contributed by atoms with Crippen molar-refractivity contribution in [2.75, 3.05) is 12.1 Å². The van der Waals surface area contributed by atoms with E-state index in [1.165, 1.54) is 7.05 Å². The Bertz CT molecular complexity index is 824. The van der Waals surface area contributed by atoms with Crippen LogP contribution in [-0.4, -0.2) is 23.2 Å². The van der Waals surface area contributed by atoms with Crippen molar-refractivity contribution in [3.8, 4) is 11.5 Å². The van der Waals surface area contributed by atoms with Gasteiger partial charge in [0.15, 0.2) is 0 Å². The van der Waals surface area contributed by atoms with Crippen molar-refractivity contribution in [3.05, 3.63) is 52.0 Å². The molecule has 0 atom stereocenters. The highest BCUT2D eigenvalue weighted by Crippen LogP contribution is 2.45. The lowest BCUT2D eigenvalue weighted by Gasteiger charge is -2.24. The molecule has 1 fully saturated rings. The maximum Gasteiger partial charge on any atom is 0.352 e. The maximum absolute atomic E-state index is 12.1. The lowest BCUT2D eigenvalue weighted by Crippen LogP contribution is -2.49. The molecule has 0 aromatic heterocycles. The van der Waals surface area contributed by atoms with Gasteiger partial charge in [-0.3, -0.25) is 5.01 Å². The molecule has 0 heterocycles. The molecule has 8 heteroatoms. The normalized spacial score (nSPS) is 13.4. The average molecular weight is 421 g/mol. The number of halogens is 1. The Balaban J connectivity index is 1.86. The second-order valence-electron chi connectivity index (χ2n) is 6.29. The number of ether oxygens (including phenoxy) is 1. The number of hydrogen-bond donors (Lipinski definition) is 3. The van der Waals surface area contributed by atoms with Gasteiger partial charge >= 0.3 is 6.03 Å². The molecule has 0 radical (unpaired) electrons. The number of hydrogen-bond acceptors (Lipinski definition) is 5. The Morgan fingerprint density at radius 3 is 2.69 bits per heavy atom. The number of phenolic OH excluding ortho intramolecular Hbond substituents is 1. The van der Waals surface area contributed by atoms with Crippen LogP contribution in [0.25, 0.3) is 0 Å². The van der Waals surface area contributed by atoms with E-state index in [1.54, 1.807) is 30.3 Å². The molecular formula is C18H21BrN4O3. The Morgan fingerprint density at radius 1 is 1.31 bits per heavy atom. The first-order valence-electron chi connectivity index (χ1n) is 8.18. The summed E-state index contributed by atoms with van der Waals surface area (Å²) in [6.07, 6.45) is 2.18. The molecule has 2 amide bonds. The summed E-state index contributed by atoms with van der Waals surface area (Å²) in [4.78, 5) is 12.1. The van der Waals surface area contributed by atoms with E-state index in [0.29, 0.717) is 11.6 Å². The molecule has 1 aliphatic rings. The Hall–Kier alpha value is -2.29. The van der Waals surface area contributed by atoms with Gasteiger partial charge in [0.1, 0.15) is 18.1 Å². The number of carbonyl (C=O) groups excluding carboxylic acids is 1. The van der Waals surface area contributed by atoms with Crippen LogP contribution in [0, 0.1) is 0 Å². The van der Waals surface area contributed by atoms with Crippen LogP contribution < -0.4 is 21.4 Å². The molecule has 0 saturated heterocycles. The summed E-state index contributed by atoms with van der Waals surface area (Å²) in [5, 5.41) is 11.6. The molecule has 0 unspecified atom stereocenters. The standard InChI is InChI=1S/C18H21BrN4O3/c1-22(20)18(25)23(21)16-4-2-3-15(19)14(16)10-26-17-8-7-12(24)9-13(17)11-5-6-11/h2-4,7-9,11,24H,5-6,10,20-21H2,1H3. The van der Waals surface area contributed by atoms with Gasteiger partial charge in [0.25, 0.3) is 0 Å². The van der Waals surface area contributed by atoms with E-state index in [9.17, 15) is 9.90 Å². The summed E-state index contributed by atoms with van der Waals surface area (Å²) in [6, 6.07) is 9.92. The Labute approximate surface area is 160 Å². The van der Waals surface area contributed by atoms with Crippen LogP contribution in [-0.2, 0) is 6.61 Å². The molecule has 0 aliphatic heterocycles. The predicted octanol–water partition coefficient (Wildman–Crippen LogP) is 3.22. The number of amides is 2. The van der Waals surface area contributed by atoms with E-state index < -0.39 is 6.03 Å². The summed E-state index contributed by atoms with van der Waals surface area (Å²) in [7, 11) is 1.43. The van der Waals surface area contributed by atoms with E-state index in [1.807, 2.05) is 6.07 Å². The van der Waals surface area contributed by atoms with Crippen LogP contribution in [0.15, 0.2) is 40.9 Å². The number of carbonyl (C=O) groups is 1. The first-order valence-corrected chi connectivity index (χ1v) is 8.98. The molecule has 3 rings (SSSR count). The van der Waals surface area contributed by atoms with Gasteiger partial charge in [-0.05, 0) is 49.1 Å². The molecule has 0 spiro atoms. The molecule has 0 bridgehead atoms. The highest BCUT2D eigenvalue weighted by molar-refractivity contribution is 9.10. The van der Waals surface area contributed by atoms with E-state index >= 15 is 0 Å².